The summed E-state index contributed by atoms with van der Waals surface area (Å²) < 4.78 is 22.9. The van der Waals surface area contributed by atoms with Crippen molar-refractivity contribution < 1.29 is 8.83 Å². The first-order chi connectivity index (χ1) is 43.6. The van der Waals surface area contributed by atoms with Gasteiger partial charge < -0.3 is 27.1 Å². The minimum atomic E-state index is 0.206. The number of para-hydroxylation sites is 6. The highest BCUT2D eigenvalue weighted by Gasteiger charge is 2.36. The van der Waals surface area contributed by atoms with E-state index in [0.717, 1.165) is 142 Å². The number of hydrogen-bond acceptors (Lipinski definition) is 4. The number of nitrogens with zero attached hydrogens (tertiary/aromatic N) is 6. The number of rotatable bonds is 6. The second-order valence-electron chi connectivity index (χ2n) is 22.8. The van der Waals surface area contributed by atoms with Crippen LogP contribution in [0.3, 0.4) is 0 Å². The van der Waals surface area contributed by atoms with Crippen LogP contribution in [0.15, 0.2) is 276 Å². The maximum absolute atomic E-state index is 12.8. The van der Waals surface area contributed by atoms with Crippen molar-refractivity contribution in [1.82, 2.24) is 18.3 Å². The van der Waals surface area contributed by atoms with Crippen molar-refractivity contribution in [3.05, 3.63) is 278 Å². The summed E-state index contributed by atoms with van der Waals surface area (Å²) in [5, 5.41) is 37.3. The number of fused-ring (bicyclic) bond motifs is 20. The van der Waals surface area contributed by atoms with Crippen LogP contribution in [0, 0.1) is 22.7 Å². The molecule has 0 aliphatic rings. The Morgan fingerprint density at radius 2 is 0.568 bits per heavy atom. The summed E-state index contributed by atoms with van der Waals surface area (Å²) in [6.07, 6.45) is 0. The highest BCUT2D eigenvalue weighted by Crippen LogP contribution is 2.52. The molecule has 0 fully saturated rings. The highest BCUT2D eigenvalue weighted by atomic mass is 16.3. The van der Waals surface area contributed by atoms with Crippen molar-refractivity contribution in [1.29, 1.82) is 10.5 Å². The number of benzene rings is 13. The average molecular weight is 1120 g/mol. The Bertz CT molecular complexity index is 5940. The van der Waals surface area contributed by atoms with Crippen LogP contribution in [0.2, 0.25) is 0 Å². The molecule has 19 rings (SSSR count). The molecule has 0 aliphatic heterocycles. The molecule has 0 atom stereocenters. The topological polar surface area (TPSA) is 93.6 Å². The molecule has 88 heavy (non-hydrogen) atoms. The molecule has 8 heteroatoms. The molecule has 13 aromatic carbocycles. The lowest BCUT2D eigenvalue weighted by molar-refractivity contribution is 0.669. The van der Waals surface area contributed by atoms with Gasteiger partial charge in [0, 0.05) is 53.9 Å². The smallest absolute Gasteiger partial charge is 0.137 e. The van der Waals surface area contributed by atoms with Crippen LogP contribution in [-0.4, -0.2) is 18.3 Å². The van der Waals surface area contributed by atoms with Crippen molar-refractivity contribution >= 4 is 131 Å². The van der Waals surface area contributed by atoms with E-state index >= 15 is 0 Å². The van der Waals surface area contributed by atoms with Crippen LogP contribution in [-0.2, 0) is 0 Å². The summed E-state index contributed by atoms with van der Waals surface area (Å²) in [7, 11) is 0. The minimum absolute atomic E-state index is 0.206. The molecule has 0 bridgehead atoms. The monoisotopic (exact) mass is 1120 g/mol. The number of furan rings is 2. The van der Waals surface area contributed by atoms with Gasteiger partial charge in [-0.1, -0.05) is 182 Å². The zero-order valence-corrected chi connectivity index (χ0v) is 46.9. The molecule has 19 aromatic rings. The molecule has 6 aromatic heterocycles. The van der Waals surface area contributed by atoms with E-state index in [1.165, 1.54) is 0 Å². The van der Waals surface area contributed by atoms with Gasteiger partial charge in [0.2, 0.25) is 0 Å². The van der Waals surface area contributed by atoms with Gasteiger partial charge in [0.25, 0.3) is 0 Å². The Hall–Kier alpha value is -12.4. The molecule has 8 nitrogen and oxygen atoms in total. The minimum Gasteiger partial charge on any atom is -0.456 e. The summed E-state index contributed by atoms with van der Waals surface area (Å²) >= 11 is 0. The molecule has 0 aliphatic carbocycles. The fraction of sp³-hybridized carbons (Fsp3) is 0. The maximum Gasteiger partial charge on any atom is 0.137 e. The standard InChI is InChI=1S/C80H44N6O2/c81-45-61-62(46-82)78(86-66-32-16-8-24-52(66)56-38-42-72-74(76(56)86)58-28-12-18-34-70(58)88-72)80(84-64-30-14-10-26-54(64)60-44-50(36-40-68(60)84)48-21-5-2-6-22-48)79(83-63-29-13-9-25-53(63)59-43-49(35-39-67(59)83)47-19-3-1-4-20-47)77(61)85-65-31-15-7-23-51(65)55-37-41-71-73(75(55)85)57-27-11-17-33-69(57)87-71/h1-44H. The third-order valence-electron chi connectivity index (χ3n) is 18.4. The largest absolute Gasteiger partial charge is 0.456 e. The van der Waals surface area contributed by atoms with E-state index in [2.05, 4.69) is 273 Å². The van der Waals surface area contributed by atoms with Gasteiger partial charge in [0.1, 0.15) is 34.5 Å². The molecular formula is C80H44N6O2. The van der Waals surface area contributed by atoms with Crippen LogP contribution in [0.4, 0.5) is 0 Å². The van der Waals surface area contributed by atoms with Crippen LogP contribution in [0.1, 0.15) is 11.1 Å². The summed E-state index contributed by atoms with van der Waals surface area (Å²) in [6.45, 7) is 0. The predicted molar refractivity (Wildman–Crippen MR) is 359 cm³/mol. The highest BCUT2D eigenvalue weighted by molar-refractivity contribution is 6.27. The molecule has 0 spiro atoms. The first-order valence-electron chi connectivity index (χ1n) is 29.5. The van der Waals surface area contributed by atoms with E-state index < -0.39 is 0 Å². The van der Waals surface area contributed by atoms with Crippen molar-refractivity contribution in [2.45, 2.75) is 0 Å². The fourth-order valence-electron chi connectivity index (χ4n) is 14.8. The molecular weight excluding hydrogens is 1080 g/mol. The first kappa shape index (κ1) is 48.1. The van der Waals surface area contributed by atoms with Gasteiger partial charge >= 0.3 is 0 Å². The van der Waals surface area contributed by atoms with E-state index in [9.17, 15) is 10.5 Å². The summed E-state index contributed by atoms with van der Waals surface area (Å²) in [5.41, 5.74) is 17.3. The zero-order valence-electron chi connectivity index (χ0n) is 46.9. The number of aromatic nitrogens is 4. The molecule has 0 amide bonds. The van der Waals surface area contributed by atoms with Crippen molar-refractivity contribution in [3.8, 4) is 57.1 Å². The third kappa shape index (κ3) is 6.44. The van der Waals surface area contributed by atoms with Crippen molar-refractivity contribution in [3.63, 3.8) is 0 Å². The van der Waals surface area contributed by atoms with Crippen LogP contribution < -0.4 is 0 Å². The second kappa shape index (κ2) is 18.1. The molecule has 0 unspecified atom stereocenters. The molecule has 406 valence electrons. The lowest BCUT2D eigenvalue weighted by Gasteiger charge is -2.28. The van der Waals surface area contributed by atoms with E-state index in [-0.39, 0.29) is 11.1 Å². The van der Waals surface area contributed by atoms with Gasteiger partial charge in [-0.15, -0.1) is 0 Å². The molecule has 0 radical (unpaired) electrons. The molecule has 0 saturated carbocycles. The Kier molecular flexibility index (Phi) is 9.87. The Balaban J connectivity index is 1.13. The average Bonchev–Trinajstić information content (AvgIpc) is 1.48. The van der Waals surface area contributed by atoms with Gasteiger partial charge in [-0.2, -0.15) is 10.5 Å². The van der Waals surface area contributed by atoms with Gasteiger partial charge in [0.05, 0.1) is 88.8 Å². The number of hydrogen-bond donors (Lipinski definition) is 0. The maximum atomic E-state index is 12.8. The van der Waals surface area contributed by atoms with Crippen LogP contribution in [0.5, 0.6) is 0 Å². The van der Waals surface area contributed by atoms with E-state index in [1.54, 1.807) is 0 Å². The SMILES string of the molecule is N#Cc1c(C#N)c(-n2c3ccccc3c3ccc4oc5ccccc5c4c32)c(-n2c3ccccc3c3cc(-c4ccccc4)ccc32)c(-n2c3ccccc3c3cc(-c4ccccc4)ccc32)c1-n1c2ccccc2c2ccc3oc4ccccc4c3c21. The third-order valence-corrected chi connectivity index (χ3v) is 18.4. The number of nitriles is 2. The molecule has 6 heterocycles. The fourth-order valence-corrected chi connectivity index (χ4v) is 14.8. The van der Waals surface area contributed by atoms with Crippen molar-refractivity contribution in [2.24, 2.45) is 0 Å². The summed E-state index contributed by atoms with van der Waals surface area (Å²) in [6, 6.07) is 99.2. The molecule has 0 N–H and O–H groups in total. The predicted octanol–water partition coefficient (Wildman–Crippen LogP) is 21.0. The van der Waals surface area contributed by atoms with Gasteiger partial charge in [0.15, 0.2) is 0 Å². The van der Waals surface area contributed by atoms with Gasteiger partial charge in [-0.3, -0.25) is 0 Å². The Labute approximate surface area is 501 Å². The second-order valence-corrected chi connectivity index (χ2v) is 22.8. The van der Waals surface area contributed by atoms with E-state index in [4.69, 9.17) is 8.83 Å². The van der Waals surface area contributed by atoms with Gasteiger partial charge in [-0.05, 0) is 107 Å². The van der Waals surface area contributed by atoms with Crippen LogP contribution >= 0.6 is 0 Å². The lowest BCUT2D eigenvalue weighted by atomic mass is 9.98. The molecule has 0 saturated heterocycles. The van der Waals surface area contributed by atoms with Crippen molar-refractivity contribution in [2.75, 3.05) is 0 Å². The zero-order chi connectivity index (χ0) is 57.9. The van der Waals surface area contributed by atoms with E-state index in [0.29, 0.717) is 33.9 Å². The van der Waals surface area contributed by atoms with Gasteiger partial charge in [-0.25, -0.2) is 0 Å². The summed E-state index contributed by atoms with van der Waals surface area (Å²) in [5.74, 6) is 0. The Morgan fingerprint density at radius 3 is 0.966 bits per heavy atom. The van der Waals surface area contributed by atoms with E-state index in [1.807, 2.05) is 24.3 Å². The Morgan fingerprint density at radius 1 is 0.239 bits per heavy atom. The normalized spacial score (nSPS) is 12.1. The quantitative estimate of drug-likeness (QED) is 0.166. The summed E-state index contributed by atoms with van der Waals surface area (Å²) in [4.78, 5) is 0. The first-order valence-corrected chi connectivity index (χ1v) is 29.5. The lowest BCUT2D eigenvalue weighted by Crippen LogP contribution is -2.17. The van der Waals surface area contributed by atoms with Crippen LogP contribution in [0.25, 0.3) is 176 Å².